The molecule has 0 amide bonds. The summed E-state index contributed by atoms with van der Waals surface area (Å²) in [4.78, 5) is 24.6. The Kier molecular flexibility index (Phi) is 2.20. The van der Waals surface area contributed by atoms with Crippen LogP contribution in [-0.4, -0.2) is 37.9 Å². The largest absolute Gasteiger partial charge is 0.394 e. The van der Waals surface area contributed by atoms with E-state index < -0.39 is 11.2 Å². The van der Waals surface area contributed by atoms with E-state index in [4.69, 9.17) is 9.84 Å². The third-order valence-electron chi connectivity index (χ3n) is 2.83. The molecule has 0 bridgehead atoms. The lowest BCUT2D eigenvalue weighted by molar-refractivity contribution is -0.0254. The normalized spacial score (nSPS) is 36.1. The van der Waals surface area contributed by atoms with Gasteiger partial charge in [0.2, 0.25) is 0 Å². The van der Waals surface area contributed by atoms with E-state index in [2.05, 4.69) is 4.98 Å². The summed E-state index contributed by atoms with van der Waals surface area (Å²) in [6.07, 6.45) is 0.844. The molecule has 2 aliphatic heterocycles. The molecule has 2 saturated heterocycles. The third-order valence-corrected chi connectivity index (χ3v) is 4.27. The van der Waals surface area contributed by atoms with Gasteiger partial charge in [0.25, 0.3) is 5.56 Å². The fraction of sp³-hybridized carbons (Fsp3) is 0.556. The minimum atomic E-state index is -0.470. The Balaban J connectivity index is 1.94. The minimum Gasteiger partial charge on any atom is -0.394 e. The molecule has 0 aromatic carbocycles. The average Bonchev–Trinajstić information content (AvgIpc) is 2.96. The maximum absolute atomic E-state index is 11.5. The Hall–Kier alpha value is -1.05. The zero-order valence-electron chi connectivity index (χ0n) is 8.20. The van der Waals surface area contributed by atoms with Crippen molar-refractivity contribution in [2.75, 3.05) is 6.61 Å². The fourth-order valence-corrected chi connectivity index (χ4v) is 3.23. The van der Waals surface area contributed by atoms with Crippen LogP contribution in [0.4, 0.5) is 0 Å². The zero-order chi connectivity index (χ0) is 11.3. The van der Waals surface area contributed by atoms with Gasteiger partial charge in [-0.1, -0.05) is 0 Å². The van der Waals surface area contributed by atoms with Crippen LogP contribution in [0.5, 0.6) is 0 Å². The average molecular weight is 242 g/mol. The molecule has 0 radical (unpaired) electrons. The summed E-state index contributed by atoms with van der Waals surface area (Å²) in [5.74, 6) is 0. The molecule has 2 fully saturated rings. The summed E-state index contributed by atoms with van der Waals surface area (Å²) in [5, 5.41) is 9.54. The first-order valence-corrected chi connectivity index (χ1v) is 5.88. The van der Waals surface area contributed by atoms with E-state index in [1.54, 1.807) is 11.8 Å². The first-order chi connectivity index (χ1) is 7.70. The van der Waals surface area contributed by atoms with Crippen LogP contribution >= 0.6 is 11.8 Å². The molecular weight excluding hydrogens is 232 g/mol. The number of rotatable bonds is 2. The molecular formula is C9H10N2O4S. The van der Waals surface area contributed by atoms with Gasteiger partial charge >= 0.3 is 5.69 Å². The molecule has 7 heteroatoms. The molecule has 3 heterocycles. The van der Waals surface area contributed by atoms with Crippen molar-refractivity contribution in [3.63, 3.8) is 0 Å². The number of ether oxygens (including phenoxy) is 1. The summed E-state index contributed by atoms with van der Waals surface area (Å²) in [6, 6.07) is 1.29. The molecule has 6 nitrogen and oxygen atoms in total. The van der Waals surface area contributed by atoms with Crippen LogP contribution in [0.2, 0.25) is 0 Å². The van der Waals surface area contributed by atoms with Gasteiger partial charge in [-0.3, -0.25) is 14.3 Å². The quantitative estimate of drug-likeness (QED) is 0.644. The molecule has 0 spiro atoms. The monoisotopic (exact) mass is 242 g/mol. The predicted octanol–water partition coefficient (Wildman–Crippen LogP) is -1.09. The second-order valence-electron chi connectivity index (χ2n) is 3.83. The van der Waals surface area contributed by atoms with Crippen molar-refractivity contribution in [1.82, 2.24) is 9.55 Å². The van der Waals surface area contributed by atoms with Crippen LogP contribution in [0.25, 0.3) is 0 Å². The Bertz CT molecular complexity index is 525. The van der Waals surface area contributed by atoms with Gasteiger partial charge in [-0.05, 0) is 0 Å². The van der Waals surface area contributed by atoms with Crippen molar-refractivity contribution in [2.45, 2.75) is 22.8 Å². The number of H-pyrrole nitrogens is 1. The van der Waals surface area contributed by atoms with Crippen molar-refractivity contribution in [3.05, 3.63) is 33.1 Å². The van der Waals surface area contributed by atoms with E-state index in [9.17, 15) is 9.59 Å². The van der Waals surface area contributed by atoms with Gasteiger partial charge < -0.3 is 9.84 Å². The molecule has 16 heavy (non-hydrogen) atoms. The van der Waals surface area contributed by atoms with Crippen LogP contribution < -0.4 is 11.2 Å². The topological polar surface area (TPSA) is 84.3 Å². The highest BCUT2D eigenvalue weighted by Gasteiger charge is 2.57. The van der Waals surface area contributed by atoms with Gasteiger partial charge in [0.05, 0.1) is 23.2 Å². The number of nitrogens with zero attached hydrogens (tertiary/aromatic N) is 1. The third kappa shape index (κ3) is 1.43. The summed E-state index contributed by atoms with van der Waals surface area (Å²) < 4.78 is 6.92. The van der Waals surface area contributed by atoms with Crippen LogP contribution in [-0.2, 0) is 4.74 Å². The summed E-state index contributed by atoms with van der Waals surface area (Å²) >= 11 is 1.69. The molecule has 0 aliphatic carbocycles. The first kappa shape index (κ1) is 10.1. The molecule has 2 aliphatic rings. The van der Waals surface area contributed by atoms with E-state index in [0.717, 1.165) is 0 Å². The molecule has 86 valence electrons. The number of aliphatic hydroxyl groups is 1. The Morgan fingerprint density at radius 2 is 2.31 bits per heavy atom. The molecule has 2 N–H and O–H groups in total. The Labute approximate surface area is 94.2 Å². The van der Waals surface area contributed by atoms with Crippen LogP contribution in [0.3, 0.4) is 0 Å². The summed E-state index contributed by atoms with van der Waals surface area (Å²) in [5.41, 5.74) is -0.889. The highest BCUT2D eigenvalue weighted by Crippen LogP contribution is 2.56. The molecule has 0 unspecified atom stereocenters. The van der Waals surface area contributed by atoms with Gasteiger partial charge in [-0.15, -0.1) is 11.8 Å². The van der Waals surface area contributed by atoms with Crippen LogP contribution in [0.1, 0.15) is 6.23 Å². The number of aliphatic hydroxyl groups excluding tert-OH is 1. The zero-order valence-corrected chi connectivity index (χ0v) is 9.02. The van der Waals surface area contributed by atoms with Crippen molar-refractivity contribution in [3.8, 4) is 0 Å². The van der Waals surface area contributed by atoms with Gasteiger partial charge in [0.15, 0.2) is 6.23 Å². The van der Waals surface area contributed by atoms with E-state index in [1.807, 2.05) is 0 Å². The first-order valence-electron chi connectivity index (χ1n) is 4.94. The molecule has 0 saturated carbocycles. The van der Waals surface area contributed by atoms with Crippen molar-refractivity contribution in [1.29, 1.82) is 0 Å². The number of hydrogen-bond donors (Lipinski definition) is 2. The molecule has 1 aromatic heterocycles. The number of hydrogen-bond acceptors (Lipinski definition) is 5. The van der Waals surface area contributed by atoms with Crippen molar-refractivity contribution >= 4 is 11.8 Å². The molecule has 4 atom stereocenters. The Morgan fingerprint density at radius 3 is 2.94 bits per heavy atom. The number of aromatic amines is 1. The highest BCUT2D eigenvalue weighted by molar-refractivity contribution is 8.07. The second kappa shape index (κ2) is 3.47. The van der Waals surface area contributed by atoms with Gasteiger partial charge in [-0.25, -0.2) is 4.79 Å². The second-order valence-corrected chi connectivity index (χ2v) is 5.19. The maximum Gasteiger partial charge on any atom is 0.330 e. The predicted molar refractivity (Wildman–Crippen MR) is 57.5 cm³/mol. The van der Waals surface area contributed by atoms with E-state index in [-0.39, 0.29) is 29.4 Å². The number of thioether (sulfide) groups is 1. The van der Waals surface area contributed by atoms with Crippen molar-refractivity contribution in [2.24, 2.45) is 0 Å². The summed E-state index contributed by atoms with van der Waals surface area (Å²) in [7, 11) is 0. The lowest BCUT2D eigenvalue weighted by Gasteiger charge is -2.17. The molecule has 3 rings (SSSR count). The Morgan fingerprint density at radius 1 is 1.50 bits per heavy atom. The van der Waals surface area contributed by atoms with Gasteiger partial charge in [0, 0.05) is 12.3 Å². The lowest BCUT2D eigenvalue weighted by atomic mass is 10.2. The molecule has 1 aromatic rings. The van der Waals surface area contributed by atoms with E-state index >= 15 is 0 Å². The highest BCUT2D eigenvalue weighted by atomic mass is 32.2. The lowest BCUT2D eigenvalue weighted by Crippen LogP contribution is -2.33. The smallest absolute Gasteiger partial charge is 0.330 e. The van der Waals surface area contributed by atoms with Gasteiger partial charge in [0.1, 0.15) is 0 Å². The minimum absolute atomic E-state index is 0.0389. The van der Waals surface area contributed by atoms with Crippen LogP contribution in [0, 0.1) is 0 Å². The van der Waals surface area contributed by atoms with E-state index in [0.29, 0.717) is 0 Å². The number of aromatic nitrogens is 2. The maximum atomic E-state index is 11.5. The van der Waals surface area contributed by atoms with E-state index in [1.165, 1.54) is 16.8 Å². The fourth-order valence-electron chi connectivity index (χ4n) is 2.00. The van der Waals surface area contributed by atoms with Gasteiger partial charge in [-0.2, -0.15) is 0 Å². The SMILES string of the molecule is O=c1ccn([C@@H]2O[C@H](CO)[C@H]3S[C@H]32)c(=O)[nH]1. The number of nitrogens with one attached hydrogen (secondary N) is 1. The summed E-state index contributed by atoms with van der Waals surface area (Å²) in [6.45, 7) is -0.0389. The number of fused-ring (bicyclic) bond motifs is 1. The van der Waals surface area contributed by atoms with Crippen molar-refractivity contribution < 1.29 is 9.84 Å². The standard InChI is InChI=1S/C9H10N2O4S/c12-3-4-6-7(16-6)8(15-4)11-2-1-5(13)10-9(11)14/h1-2,4,6-8,12H,3H2,(H,10,13,14)/t4-,6-,7-,8-/m1/s1. The van der Waals surface area contributed by atoms with Crippen LogP contribution in [0.15, 0.2) is 21.9 Å².